The Morgan fingerprint density at radius 1 is 1.25 bits per heavy atom. The van der Waals surface area contributed by atoms with E-state index in [1.165, 1.54) is 37.1 Å². The maximum absolute atomic E-state index is 2.59. The van der Waals surface area contributed by atoms with Crippen molar-refractivity contribution < 1.29 is 0 Å². The first-order valence-electron chi connectivity index (χ1n) is 7.77. The number of allylic oxidation sites excluding steroid dienone is 1. The molecule has 1 aliphatic heterocycles. The molecule has 1 aliphatic rings. The summed E-state index contributed by atoms with van der Waals surface area (Å²) in [6.07, 6.45) is 4.81. The first-order valence-corrected chi connectivity index (χ1v) is 7.77. The Morgan fingerprint density at radius 3 is 2.50 bits per heavy atom. The molecule has 0 atom stereocenters. The average molecular weight is 272 g/mol. The van der Waals surface area contributed by atoms with Gasteiger partial charge in [-0.05, 0) is 52.4 Å². The molecule has 1 fully saturated rings. The summed E-state index contributed by atoms with van der Waals surface area (Å²) < 4.78 is 0. The summed E-state index contributed by atoms with van der Waals surface area (Å²) in [6.45, 7) is 9.01. The van der Waals surface area contributed by atoms with Crippen molar-refractivity contribution in [3.05, 3.63) is 47.5 Å². The number of hydrogen-bond donors (Lipinski definition) is 0. The minimum atomic E-state index is 0.747. The Balaban J connectivity index is 1.77. The molecule has 0 radical (unpaired) electrons. The Bertz CT molecular complexity index is 416. The first-order chi connectivity index (χ1) is 9.69. The van der Waals surface area contributed by atoms with E-state index in [9.17, 15) is 0 Å². The van der Waals surface area contributed by atoms with Crippen molar-refractivity contribution in [3.63, 3.8) is 0 Å². The molecular weight excluding hydrogens is 244 g/mol. The number of likely N-dealkylation sites (N-methyl/N-ethyl adjacent to an activating group) is 1. The second-order valence-electron chi connectivity index (χ2n) is 6.04. The zero-order valence-electron chi connectivity index (χ0n) is 13.2. The van der Waals surface area contributed by atoms with E-state index in [1.54, 1.807) is 0 Å². The molecule has 0 spiro atoms. The fourth-order valence-electron chi connectivity index (χ4n) is 2.97. The van der Waals surface area contributed by atoms with Crippen LogP contribution in [-0.2, 0) is 6.54 Å². The lowest BCUT2D eigenvalue weighted by molar-refractivity contribution is 0.129. The largest absolute Gasteiger partial charge is 0.299 e. The topological polar surface area (TPSA) is 6.48 Å². The van der Waals surface area contributed by atoms with Gasteiger partial charge >= 0.3 is 0 Å². The van der Waals surface area contributed by atoms with Crippen LogP contribution in [0.5, 0.6) is 0 Å². The number of rotatable bonds is 5. The third-order valence-corrected chi connectivity index (χ3v) is 4.42. The quantitative estimate of drug-likeness (QED) is 0.756. The third kappa shape index (κ3) is 4.46. The van der Waals surface area contributed by atoms with Gasteiger partial charge in [0.25, 0.3) is 0 Å². The lowest BCUT2D eigenvalue weighted by atomic mass is 10.0. The summed E-state index contributed by atoms with van der Waals surface area (Å²) >= 11 is 0. The van der Waals surface area contributed by atoms with E-state index in [1.807, 2.05) is 0 Å². The second kappa shape index (κ2) is 7.61. The molecule has 0 aliphatic carbocycles. The van der Waals surface area contributed by atoms with Crippen molar-refractivity contribution in [1.82, 2.24) is 9.80 Å². The van der Waals surface area contributed by atoms with Crippen LogP contribution in [0.2, 0.25) is 0 Å². The zero-order chi connectivity index (χ0) is 14.4. The fraction of sp³-hybridized carbons (Fsp3) is 0.556. The Kier molecular flexibility index (Phi) is 5.81. The molecular formula is C18H28N2. The highest BCUT2D eigenvalue weighted by molar-refractivity contribution is 5.14. The highest BCUT2D eigenvalue weighted by Crippen LogP contribution is 2.18. The molecule has 1 saturated heterocycles. The van der Waals surface area contributed by atoms with E-state index in [2.05, 4.69) is 67.1 Å². The van der Waals surface area contributed by atoms with Crippen LogP contribution in [0.3, 0.4) is 0 Å². The third-order valence-electron chi connectivity index (χ3n) is 4.42. The summed E-state index contributed by atoms with van der Waals surface area (Å²) in [5, 5.41) is 0. The highest BCUT2D eigenvalue weighted by Gasteiger charge is 2.22. The number of benzene rings is 1. The molecule has 2 rings (SSSR count). The van der Waals surface area contributed by atoms with E-state index in [-0.39, 0.29) is 0 Å². The summed E-state index contributed by atoms with van der Waals surface area (Å²) in [5.41, 5.74) is 2.91. The maximum atomic E-state index is 2.59. The van der Waals surface area contributed by atoms with Crippen LogP contribution in [0.15, 0.2) is 42.0 Å². The summed E-state index contributed by atoms with van der Waals surface area (Å²) in [7, 11) is 2.27. The van der Waals surface area contributed by atoms with Crippen molar-refractivity contribution in [1.29, 1.82) is 0 Å². The van der Waals surface area contributed by atoms with Gasteiger partial charge < -0.3 is 0 Å². The van der Waals surface area contributed by atoms with Gasteiger partial charge in [-0.1, -0.05) is 42.0 Å². The van der Waals surface area contributed by atoms with Crippen LogP contribution in [0.1, 0.15) is 32.3 Å². The molecule has 20 heavy (non-hydrogen) atoms. The van der Waals surface area contributed by atoms with Gasteiger partial charge in [-0.3, -0.25) is 9.80 Å². The van der Waals surface area contributed by atoms with Gasteiger partial charge in [0.15, 0.2) is 0 Å². The average Bonchev–Trinajstić information content (AvgIpc) is 2.49. The second-order valence-corrected chi connectivity index (χ2v) is 6.04. The molecule has 0 amide bonds. The molecule has 1 aromatic carbocycles. The first kappa shape index (κ1) is 15.3. The van der Waals surface area contributed by atoms with E-state index >= 15 is 0 Å². The Morgan fingerprint density at radius 2 is 1.90 bits per heavy atom. The van der Waals surface area contributed by atoms with Crippen molar-refractivity contribution >= 4 is 0 Å². The molecule has 0 unspecified atom stereocenters. The molecule has 0 bridgehead atoms. The van der Waals surface area contributed by atoms with Gasteiger partial charge in [0, 0.05) is 19.1 Å². The van der Waals surface area contributed by atoms with Crippen LogP contribution < -0.4 is 0 Å². The van der Waals surface area contributed by atoms with Gasteiger partial charge in [-0.15, -0.1) is 0 Å². The molecule has 2 heteroatoms. The predicted molar refractivity (Wildman–Crippen MR) is 86.8 cm³/mol. The van der Waals surface area contributed by atoms with E-state index in [0.717, 1.165) is 19.1 Å². The normalized spacial score (nSPS) is 18.7. The van der Waals surface area contributed by atoms with Crippen molar-refractivity contribution in [2.75, 3.05) is 26.7 Å². The summed E-state index contributed by atoms with van der Waals surface area (Å²) in [5.74, 6) is 0. The molecule has 110 valence electrons. The molecule has 0 N–H and O–H groups in total. The highest BCUT2D eigenvalue weighted by atomic mass is 15.2. The lowest BCUT2D eigenvalue weighted by Gasteiger charge is -2.37. The van der Waals surface area contributed by atoms with Gasteiger partial charge in [-0.25, -0.2) is 0 Å². The molecule has 1 heterocycles. The van der Waals surface area contributed by atoms with Gasteiger partial charge in [0.1, 0.15) is 0 Å². The Labute approximate surface area is 124 Å². The molecule has 0 aromatic heterocycles. The molecule has 1 aromatic rings. The van der Waals surface area contributed by atoms with Gasteiger partial charge in [0.2, 0.25) is 0 Å². The number of likely N-dealkylation sites (tertiary alicyclic amines) is 1. The van der Waals surface area contributed by atoms with Crippen LogP contribution in [-0.4, -0.2) is 42.5 Å². The number of nitrogens with zero attached hydrogens (tertiary/aromatic N) is 2. The number of piperidine rings is 1. The van der Waals surface area contributed by atoms with Crippen molar-refractivity contribution in [3.8, 4) is 0 Å². The van der Waals surface area contributed by atoms with Crippen LogP contribution in [0.4, 0.5) is 0 Å². The monoisotopic (exact) mass is 272 g/mol. The molecule has 2 nitrogen and oxygen atoms in total. The number of hydrogen-bond acceptors (Lipinski definition) is 2. The van der Waals surface area contributed by atoms with Crippen molar-refractivity contribution in [2.24, 2.45) is 0 Å². The van der Waals surface area contributed by atoms with Gasteiger partial charge in [0.05, 0.1) is 0 Å². The maximum Gasteiger partial charge on any atom is 0.0233 e. The van der Waals surface area contributed by atoms with E-state index < -0.39 is 0 Å². The predicted octanol–water partition coefficient (Wildman–Crippen LogP) is 3.55. The van der Waals surface area contributed by atoms with Gasteiger partial charge in [-0.2, -0.15) is 0 Å². The van der Waals surface area contributed by atoms with Crippen LogP contribution in [0, 0.1) is 0 Å². The van der Waals surface area contributed by atoms with Crippen molar-refractivity contribution in [2.45, 2.75) is 39.3 Å². The fourth-order valence-corrected chi connectivity index (χ4v) is 2.97. The minimum absolute atomic E-state index is 0.747. The zero-order valence-corrected chi connectivity index (χ0v) is 13.2. The summed E-state index contributed by atoms with van der Waals surface area (Å²) in [6, 6.07) is 11.6. The summed E-state index contributed by atoms with van der Waals surface area (Å²) in [4.78, 5) is 5.11. The molecule has 0 saturated carbocycles. The lowest BCUT2D eigenvalue weighted by Crippen LogP contribution is -2.43. The smallest absolute Gasteiger partial charge is 0.0233 e. The minimum Gasteiger partial charge on any atom is -0.299 e. The van der Waals surface area contributed by atoms with Crippen LogP contribution >= 0.6 is 0 Å². The SMILES string of the molecule is C/C=C(\C)CN(C)C1CCN(Cc2ccccc2)CC1. The Hall–Kier alpha value is -1.12. The standard InChI is InChI=1S/C18H28N2/c1-4-16(2)14-19(3)18-10-12-20(13-11-18)15-17-8-6-5-7-9-17/h4-9,18H,10-15H2,1-3H3/b16-4+. The van der Waals surface area contributed by atoms with E-state index in [4.69, 9.17) is 0 Å². The van der Waals surface area contributed by atoms with E-state index in [0.29, 0.717) is 0 Å². The van der Waals surface area contributed by atoms with Crippen LogP contribution in [0.25, 0.3) is 0 Å².